The molecule has 2 aromatic rings. The summed E-state index contributed by atoms with van der Waals surface area (Å²) in [5.41, 5.74) is 0. The summed E-state index contributed by atoms with van der Waals surface area (Å²) in [6, 6.07) is 10.5. The van der Waals surface area contributed by atoms with Crippen molar-refractivity contribution in [1.82, 2.24) is 0 Å². The first-order chi connectivity index (χ1) is 7.31. The molecule has 3 heteroatoms. The predicted octanol–water partition coefficient (Wildman–Crippen LogP) is 3.58. The van der Waals surface area contributed by atoms with E-state index < -0.39 is 0 Å². The number of methoxy groups -OCH3 is 1. The Labute approximate surface area is 93.4 Å². The Balaban J connectivity index is 2.20. The lowest BCUT2D eigenvalue weighted by molar-refractivity contribution is -0.0654. The minimum atomic E-state index is 0.0994. The summed E-state index contributed by atoms with van der Waals surface area (Å²) >= 11 is 1.78. The van der Waals surface area contributed by atoms with Crippen molar-refractivity contribution in [2.24, 2.45) is 0 Å². The SMILES string of the molecule is COCOC(C)c1cc2ccccc2s1. The molecule has 0 spiro atoms. The molecule has 0 radical (unpaired) electrons. The molecule has 0 aliphatic rings. The van der Waals surface area contributed by atoms with Gasteiger partial charge in [-0.05, 0) is 24.4 Å². The number of thiophene rings is 1. The predicted molar refractivity (Wildman–Crippen MR) is 63.2 cm³/mol. The lowest BCUT2D eigenvalue weighted by Crippen LogP contribution is -2.00. The Morgan fingerprint density at radius 1 is 1.33 bits per heavy atom. The Bertz CT molecular complexity index is 403. The monoisotopic (exact) mass is 222 g/mol. The zero-order valence-corrected chi connectivity index (χ0v) is 9.71. The topological polar surface area (TPSA) is 18.5 Å². The van der Waals surface area contributed by atoms with Crippen LogP contribution in [0.3, 0.4) is 0 Å². The molecule has 1 aromatic carbocycles. The molecule has 2 nitrogen and oxygen atoms in total. The average molecular weight is 222 g/mol. The van der Waals surface area contributed by atoms with E-state index in [2.05, 4.69) is 30.3 Å². The molecule has 1 atom stereocenters. The Hall–Kier alpha value is -0.900. The van der Waals surface area contributed by atoms with Gasteiger partial charge in [0.15, 0.2) is 0 Å². The standard InChI is InChI=1S/C12H14O2S/c1-9(14-8-13-2)12-7-10-5-3-4-6-11(10)15-12/h3-7,9H,8H2,1-2H3. The highest BCUT2D eigenvalue weighted by molar-refractivity contribution is 7.19. The fraction of sp³-hybridized carbons (Fsp3) is 0.333. The normalized spacial score (nSPS) is 13.2. The summed E-state index contributed by atoms with van der Waals surface area (Å²) in [5, 5.41) is 1.28. The smallest absolute Gasteiger partial charge is 0.147 e. The Morgan fingerprint density at radius 2 is 2.13 bits per heavy atom. The largest absolute Gasteiger partial charge is 0.359 e. The number of fused-ring (bicyclic) bond motifs is 1. The van der Waals surface area contributed by atoms with E-state index in [1.807, 2.05) is 6.92 Å². The van der Waals surface area contributed by atoms with Crippen LogP contribution in [-0.2, 0) is 9.47 Å². The fourth-order valence-corrected chi connectivity index (χ4v) is 2.52. The van der Waals surface area contributed by atoms with Gasteiger partial charge in [0.2, 0.25) is 0 Å². The second kappa shape index (κ2) is 4.75. The Morgan fingerprint density at radius 3 is 2.87 bits per heavy atom. The van der Waals surface area contributed by atoms with Gasteiger partial charge in [0.05, 0.1) is 6.10 Å². The first-order valence-electron chi connectivity index (χ1n) is 4.90. The Kier molecular flexibility index (Phi) is 3.36. The molecule has 80 valence electrons. The second-order valence-corrected chi connectivity index (χ2v) is 4.52. The van der Waals surface area contributed by atoms with Gasteiger partial charge < -0.3 is 9.47 Å². The number of hydrogen-bond donors (Lipinski definition) is 0. The molecule has 0 saturated carbocycles. The summed E-state index contributed by atoms with van der Waals surface area (Å²) in [6.45, 7) is 2.39. The fourth-order valence-electron chi connectivity index (χ4n) is 1.45. The quantitative estimate of drug-likeness (QED) is 0.736. The van der Waals surface area contributed by atoms with E-state index in [0.29, 0.717) is 6.79 Å². The summed E-state index contributed by atoms with van der Waals surface area (Å²) in [6.07, 6.45) is 0.0994. The molecule has 1 aromatic heterocycles. The van der Waals surface area contributed by atoms with Crippen LogP contribution in [0.2, 0.25) is 0 Å². The molecule has 0 N–H and O–H groups in total. The molecule has 0 aliphatic heterocycles. The summed E-state index contributed by atoms with van der Waals surface area (Å²) < 4.78 is 11.7. The molecule has 2 rings (SSSR count). The van der Waals surface area contributed by atoms with Gasteiger partial charge in [0.25, 0.3) is 0 Å². The van der Waals surface area contributed by atoms with E-state index in [-0.39, 0.29) is 6.10 Å². The summed E-state index contributed by atoms with van der Waals surface area (Å²) in [5.74, 6) is 0. The third kappa shape index (κ3) is 2.37. The van der Waals surface area contributed by atoms with Gasteiger partial charge >= 0.3 is 0 Å². The summed E-state index contributed by atoms with van der Waals surface area (Å²) in [4.78, 5) is 1.24. The molecule has 1 heterocycles. The van der Waals surface area contributed by atoms with Gasteiger partial charge in [0.1, 0.15) is 6.79 Å². The number of benzene rings is 1. The van der Waals surface area contributed by atoms with Gasteiger partial charge in [-0.15, -0.1) is 11.3 Å². The van der Waals surface area contributed by atoms with Crippen LogP contribution >= 0.6 is 11.3 Å². The zero-order chi connectivity index (χ0) is 10.7. The van der Waals surface area contributed by atoms with Gasteiger partial charge in [-0.1, -0.05) is 18.2 Å². The summed E-state index contributed by atoms with van der Waals surface area (Å²) in [7, 11) is 1.64. The highest BCUT2D eigenvalue weighted by Crippen LogP contribution is 2.31. The first kappa shape index (κ1) is 10.6. The number of ether oxygens (including phenoxy) is 2. The highest BCUT2D eigenvalue weighted by atomic mass is 32.1. The van der Waals surface area contributed by atoms with Gasteiger partial charge in [-0.3, -0.25) is 0 Å². The van der Waals surface area contributed by atoms with Crippen molar-refractivity contribution < 1.29 is 9.47 Å². The van der Waals surface area contributed by atoms with Crippen molar-refractivity contribution >= 4 is 21.4 Å². The first-order valence-corrected chi connectivity index (χ1v) is 5.72. The van der Waals surface area contributed by atoms with Crippen LogP contribution in [0.4, 0.5) is 0 Å². The van der Waals surface area contributed by atoms with E-state index in [1.54, 1.807) is 18.4 Å². The van der Waals surface area contributed by atoms with E-state index >= 15 is 0 Å². The maximum Gasteiger partial charge on any atom is 0.147 e. The van der Waals surface area contributed by atoms with Crippen molar-refractivity contribution in [2.75, 3.05) is 13.9 Å². The van der Waals surface area contributed by atoms with Crippen molar-refractivity contribution in [2.45, 2.75) is 13.0 Å². The lowest BCUT2D eigenvalue weighted by Gasteiger charge is -2.09. The minimum Gasteiger partial charge on any atom is -0.359 e. The maximum absolute atomic E-state index is 5.49. The van der Waals surface area contributed by atoms with Gasteiger partial charge in [-0.25, -0.2) is 0 Å². The van der Waals surface area contributed by atoms with E-state index in [9.17, 15) is 0 Å². The second-order valence-electron chi connectivity index (χ2n) is 3.40. The third-order valence-electron chi connectivity index (χ3n) is 2.28. The van der Waals surface area contributed by atoms with E-state index in [4.69, 9.17) is 9.47 Å². The van der Waals surface area contributed by atoms with Crippen LogP contribution < -0.4 is 0 Å². The van der Waals surface area contributed by atoms with Crippen molar-refractivity contribution in [3.05, 3.63) is 35.2 Å². The van der Waals surface area contributed by atoms with Crippen LogP contribution in [0.1, 0.15) is 17.9 Å². The zero-order valence-electron chi connectivity index (χ0n) is 8.90. The molecule has 0 aliphatic carbocycles. The van der Waals surface area contributed by atoms with Crippen LogP contribution in [0.5, 0.6) is 0 Å². The average Bonchev–Trinajstić information content (AvgIpc) is 2.69. The van der Waals surface area contributed by atoms with Gasteiger partial charge in [-0.2, -0.15) is 0 Å². The number of rotatable bonds is 4. The third-order valence-corrected chi connectivity index (χ3v) is 3.56. The number of hydrogen-bond acceptors (Lipinski definition) is 3. The molecule has 0 bridgehead atoms. The molecular weight excluding hydrogens is 208 g/mol. The molecule has 1 unspecified atom stereocenters. The van der Waals surface area contributed by atoms with Crippen molar-refractivity contribution in [3.8, 4) is 0 Å². The van der Waals surface area contributed by atoms with E-state index in [1.165, 1.54) is 15.0 Å². The minimum absolute atomic E-state index is 0.0994. The van der Waals surface area contributed by atoms with Crippen LogP contribution in [0, 0.1) is 0 Å². The maximum atomic E-state index is 5.49. The molecule has 0 fully saturated rings. The molecule has 15 heavy (non-hydrogen) atoms. The van der Waals surface area contributed by atoms with Crippen LogP contribution in [0.25, 0.3) is 10.1 Å². The lowest BCUT2D eigenvalue weighted by atomic mass is 10.2. The van der Waals surface area contributed by atoms with Crippen molar-refractivity contribution in [1.29, 1.82) is 0 Å². The molecular formula is C12H14O2S. The van der Waals surface area contributed by atoms with Gasteiger partial charge in [0, 0.05) is 16.7 Å². The highest BCUT2D eigenvalue weighted by Gasteiger charge is 2.09. The molecule has 0 saturated heterocycles. The van der Waals surface area contributed by atoms with Crippen molar-refractivity contribution in [3.63, 3.8) is 0 Å². The molecule has 0 amide bonds. The van der Waals surface area contributed by atoms with Crippen LogP contribution in [0.15, 0.2) is 30.3 Å². The van der Waals surface area contributed by atoms with Crippen LogP contribution in [-0.4, -0.2) is 13.9 Å². The van der Waals surface area contributed by atoms with E-state index in [0.717, 1.165) is 0 Å².